The number of carbonyl (C=O) groups is 4. The molecule has 190 valence electrons. The van der Waals surface area contributed by atoms with Gasteiger partial charge in [-0.1, -0.05) is 33.8 Å². The molecule has 1 aromatic carbocycles. The third-order valence-corrected chi connectivity index (χ3v) is 5.20. The topological polar surface area (TPSA) is 137 Å². The van der Waals surface area contributed by atoms with E-state index in [4.69, 9.17) is 14.2 Å². The molecule has 34 heavy (non-hydrogen) atoms. The van der Waals surface area contributed by atoms with Crippen LogP contribution in [-0.2, 0) is 30.3 Å². The van der Waals surface area contributed by atoms with E-state index in [2.05, 4.69) is 10.1 Å². The van der Waals surface area contributed by atoms with E-state index in [0.29, 0.717) is 18.4 Å². The van der Waals surface area contributed by atoms with Crippen molar-refractivity contribution in [3.63, 3.8) is 0 Å². The lowest BCUT2D eigenvalue weighted by atomic mass is 10.0. The van der Waals surface area contributed by atoms with Gasteiger partial charge in [0.1, 0.15) is 0 Å². The van der Waals surface area contributed by atoms with Crippen LogP contribution in [0.5, 0.6) is 11.5 Å². The van der Waals surface area contributed by atoms with E-state index in [0.717, 1.165) is 7.11 Å². The number of methoxy groups -OCH3 is 1. The number of esters is 2. The zero-order chi connectivity index (χ0) is 26.1. The van der Waals surface area contributed by atoms with E-state index in [1.54, 1.807) is 27.7 Å². The smallest absolute Gasteiger partial charge is 0.477 e. The first kappa shape index (κ1) is 28.9. The maximum absolute atomic E-state index is 12.5. The van der Waals surface area contributed by atoms with Crippen LogP contribution in [-0.4, -0.2) is 48.0 Å². The van der Waals surface area contributed by atoms with Crippen molar-refractivity contribution in [3.05, 3.63) is 23.8 Å². The summed E-state index contributed by atoms with van der Waals surface area (Å²) in [5.74, 6) is -3.27. The minimum absolute atomic E-state index is 0.0253. The van der Waals surface area contributed by atoms with Crippen molar-refractivity contribution in [3.8, 4) is 11.5 Å². The number of hydrogen-bond acceptors (Lipinski definition) is 9. The maximum Gasteiger partial charge on any atom is 0.510 e. The second-order valence-corrected chi connectivity index (χ2v) is 8.41. The van der Waals surface area contributed by atoms with Gasteiger partial charge in [-0.15, -0.1) is 0 Å². The summed E-state index contributed by atoms with van der Waals surface area (Å²) in [6.45, 7) is 10.5. The van der Waals surface area contributed by atoms with Crippen molar-refractivity contribution in [1.82, 2.24) is 5.32 Å². The lowest BCUT2D eigenvalue weighted by Gasteiger charge is -2.31. The number of carboxylic acid groups (broad SMARTS) is 1. The molecule has 1 aromatic rings. The van der Waals surface area contributed by atoms with Crippen LogP contribution in [0.4, 0.5) is 4.79 Å². The molecule has 0 aliphatic heterocycles. The minimum atomic E-state index is -2.16. The summed E-state index contributed by atoms with van der Waals surface area (Å²) in [4.78, 5) is 48.8. The normalized spacial score (nSPS) is 14.5. The van der Waals surface area contributed by atoms with Gasteiger partial charge in [0.05, 0.1) is 18.9 Å². The van der Waals surface area contributed by atoms with Gasteiger partial charge in [0.2, 0.25) is 0 Å². The predicted octanol–water partition coefficient (Wildman–Crippen LogP) is 3.69. The first-order chi connectivity index (χ1) is 15.9. The minimum Gasteiger partial charge on any atom is -0.477 e. The van der Waals surface area contributed by atoms with E-state index in [-0.39, 0.29) is 29.9 Å². The molecule has 0 saturated carbocycles. The highest BCUT2D eigenvalue weighted by molar-refractivity contribution is 5.81. The fraction of sp³-hybridized carbons (Fsp3) is 0.583. The number of rotatable bonds is 12. The van der Waals surface area contributed by atoms with Gasteiger partial charge in [-0.25, -0.2) is 9.59 Å². The third kappa shape index (κ3) is 8.02. The largest absolute Gasteiger partial charge is 0.510 e. The molecule has 0 saturated heterocycles. The Bertz CT molecular complexity index is 883. The Labute approximate surface area is 199 Å². The summed E-state index contributed by atoms with van der Waals surface area (Å²) in [6, 6.07) is 3.92. The number of benzene rings is 1. The van der Waals surface area contributed by atoms with Gasteiger partial charge in [0, 0.05) is 12.5 Å². The summed E-state index contributed by atoms with van der Waals surface area (Å²) in [6.07, 6.45) is -0.416. The van der Waals surface area contributed by atoms with Gasteiger partial charge in [0.15, 0.2) is 11.5 Å². The van der Waals surface area contributed by atoms with Crippen molar-refractivity contribution in [1.29, 1.82) is 0 Å². The number of nitrogens with one attached hydrogen (secondary N) is 1. The summed E-state index contributed by atoms with van der Waals surface area (Å²) >= 11 is 0. The highest BCUT2D eigenvalue weighted by atomic mass is 16.7. The first-order valence-electron chi connectivity index (χ1n) is 11.2. The quantitative estimate of drug-likeness (QED) is 0.258. The van der Waals surface area contributed by atoms with Crippen LogP contribution in [0.15, 0.2) is 18.2 Å². The first-order valence-corrected chi connectivity index (χ1v) is 11.2. The maximum atomic E-state index is 12.5. The van der Waals surface area contributed by atoms with Gasteiger partial charge < -0.3 is 24.1 Å². The molecule has 0 heterocycles. The van der Waals surface area contributed by atoms with Crippen molar-refractivity contribution in [2.45, 2.75) is 72.6 Å². The third-order valence-electron chi connectivity index (χ3n) is 5.20. The highest BCUT2D eigenvalue weighted by Crippen LogP contribution is 2.32. The molecule has 0 spiro atoms. The van der Waals surface area contributed by atoms with Crippen LogP contribution in [0.25, 0.3) is 0 Å². The molecule has 0 radical (unpaired) electrons. The number of aliphatic carboxylic acids is 1. The van der Waals surface area contributed by atoms with Crippen molar-refractivity contribution >= 4 is 24.1 Å². The lowest BCUT2D eigenvalue weighted by molar-refractivity contribution is -0.166. The zero-order valence-corrected chi connectivity index (χ0v) is 20.8. The van der Waals surface area contributed by atoms with Crippen LogP contribution in [0.1, 0.15) is 59.9 Å². The highest BCUT2D eigenvalue weighted by Gasteiger charge is 2.44. The van der Waals surface area contributed by atoms with Crippen molar-refractivity contribution < 1.29 is 43.2 Å². The van der Waals surface area contributed by atoms with Crippen LogP contribution < -0.4 is 14.8 Å². The summed E-state index contributed by atoms with van der Waals surface area (Å²) < 4.78 is 20.5. The Morgan fingerprint density at radius 2 is 1.47 bits per heavy atom. The molecule has 2 N–H and O–H groups in total. The fourth-order valence-corrected chi connectivity index (χ4v) is 2.81. The van der Waals surface area contributed by atoms with Gasteiger partial charge in [-0.2, -0.15) is 0 Å². The van der Waals surface area contributed by atoms with Crippen molar-refractivity contribution in [2.24, 2.45) is 11.8 Å². The van der Waals surface area contributed by atoms with Gasteiger partial charge >= 0.3 is 24.1 Å². The molecule has 0 aliphatic carbocycles. The molecule has 10 nitrogen and oxygen atoms in total. The van der Waals surface area contributed by atoms with Gasteiger partial charge in [-0.3, -0.25) is 14.9 Å². The SMILES string of the molecule is CCC(C)C(=O)Oc1ccc(C[C@](NC(C)C)(OC(=O)OC)C(=O)O)cc1OC(=O)C(C)CC. The van der Waals surface area contributed by atoms with Crippen LogP contribution >= 0.6 is 0 Å². The number of ether oxygens (including phenoxy) is 4. The van der Waals surface area contributed by atoms with E-state index >= 15 is 0 Å². The van der Waals surface area contributed by atoms with Crippen LogP contribution in [0.2, 0.25) is 0 Å². The molecule has 0 amide bonds. The van der Waals surface area contributed by atoms with E-state index in [1.807, 2.05) is 13.8 Å². The molecular formula is C24H35NO9. The molecule has 0 aliphatic rings. The Balaban J connectivity index is 3.45. The Hall–Kier alpha value is -3.14. The molecule has 3 atom stereocenters. The number of carbonyl (C=O) groups excluding carboxylic acids is 3. The van der Waals surface area contributed by atoms with Crippen molar-refractivity contribution in [2.75, 3.05) is 7.11 Å². The van der Waals surface area contributed by atoms with E-state index in [9.17, 15) is 24.3 Å². The zero-order valence-electron chi connectivity index (χ0n) is 20.8. The predicted molar refractivity (Wildman–Crippen MR) is 122 cm³/mol. The van der Waals surface area contributed by atoms with E-state index in [1.165, 1.54) is 18.2 Å². The summed E-state index contributed by atoms with van der Waals surface area (Å²) in [7, 11) is 1.07. The monoisotopic (exact) mass is 481 g/mol. The molecule has 0 aromatic heterocycles. The molecule has 1 rings (SSSR count). The summed E-state index contributed by atoms with van der Waals surface area (Å²) in [5, 5.41) is 12.7. The standard InChI is InChI=1S/C24H35NO9/c1-8-15(5)20(26)32-18-11-10-17(12-19(18)33-21(27)16(6)9-2)13-24(22(28)29,25-14(3)4)34-23(30)31-7/h10-12,14-16,25H,8-9,13H2,1-7H3,(H,28,29)/t15?,16?,24-/m0/s1. The molecule has 0 fully saturated rings. The molecule has 10 heteroatoms. The average molecular weight is 482 g/mol. The Kier molecular flexibility index (Phi) is 11.0. The fourth-order valence-electron chi connectivity index (χ4n) is 2.81. The Morgan fingerprint density at radius 3 is 1.91 bits per heavy atom. The average Bonchev–Trinajstić information content (AvgIpc) is 2.78. The van der Waals surface area contributed by atoms with Crippen LogP contribution in [0.3, 0.4) is 0 Å². The molecular weight excluding hydrogens is 446 g/mol. The lowest BCUT2D eigenvalue weighted by Crippen LogP contribution is -2.59. The second kappa shape index (κ2) is 12.9. The summed E-state index contributed by atoms with van der Waals surface area (Å²) in [5.41, 5.74) is -1.82. The second-order valence-electron chi connectivity index (χ2n) is 8.41. The van der Waals surface area contributed by atoms with Gasteiger partial charge in [-0.05, 0) is 44.4 Å². The number of carboxylic acids is 1. The molecule has 0 bridgehead atoms. The van der Waals surface area contributed by atoms with Gasteiger partial charge in [0.25, 0.3) is 5.72 Å². The molecule has 2 unspecified atom stereocenters. The Morgan fingerprint density at radius 1 is 0.941 bits per heavy atom. The van der Waals surface area contributed by atoms with E-state index < -0.39 is 35.7 Å². The van der Waals surface area contributed by atoms with Crippen LogP contribution in [0, 0.1) is 11.8 Å². The number of hydrogen-bond donors (Lipinski definition) is 2.